The van der Waals surface area contributed by atoms with Crippen molar-refractivity contribution >= 4 is 17.2 Å². The van der Waals surface area contributed by atoms with Gasteiger partial charge >= 0.3 is 0 Å². The van der Waals surface area contributed by atoms with Crippen LogP contribution in [0, 0.1) is 5.92 Å². The van der Waals surface area contributed by atoms with Crippen LogP contribution in [-0.4, -0.2) is 31.0 Å². The van der Waals surface area contributed by atoms with Crippen LogP contribution < -0.4 is 10.6 Å². The lowest BCUT2D eigenvalue weighted by molar-refractivity contribution is -0.124. The highest BCUT2D eigenvalue weighted by molar-refractivity contribution is 7.07. The molecule has 1 heterocycles. The molecule has 1 aromatic heterocycles. The van der Waals surface area contributed by atoms with Gasteiger partial charge in [-0.3, -0.25) is 4.79 Å². The Morgan fingerprint density at radius 3 is 3.07 bits per heavy atom. The summed E-state index contributed by atoms with van der Waals surface area (Å²) in [6.07, 6.45) is 0.807. The predicted octanol–water partition coefficient (Wildman–Crippen LogP) is 0.657. The smallest absolute Gasteiger partial charge is 0.224 e. The molecule has 1 aromatic rings. The van der Waals surface area contributed by atoms with Gasteiger partial charge in [-0.25, -0.2) is 4.98 Å². The SMILES string of the molecule is CNCC(C)C(=O)NCCc1cscn1. The van der Waals surface area contributed by atoms with Gasteiger partial charge in [-0.15, -0.1) is 11.3 Å². The van der Waals surface area contributed by atoms with Crippen LogP contribution >= 0.6 is 11.3 Å². The molecule has 1 amide bonds. The summed E-state index contributed by atoms with van der Waals surface area (Å²) in [5.74, 6) is 0.116. The molecule has 0 radical (unpaired) electrons. The molecule has 84 valence electrons. The zero-order valence-corrected chi connectivity index (χ0v) is 9.93. The maximum atomic E-state index is 11.5. The van der Waals surface area contributed by atoms with E-state index in [0.29, 0.717) is 13.1 Å². The predicted molar refractivity (Wildman–Crippen MR) is 61.9 cm³/mol. The second kappa shape index (κ2) is 6.53. The Kier molecular flexibility index (Phi) is 5.28. The van der Waals surface area contributed by atoms with Crippen molar-refractivity contribution in [3.63, 3.8) is 0 Å². The van der Waals surface area contributed by atoms with Crippen molar-refractivity contribution in [2.24, 2.45) is 5.92 Å². The molecular weight excluding hydrogens is 210 g/mol. The summed E-state index contributed by atoms with van der Waals surface area (Å²) < 4.78 is 0. The third-order valence-corrected chi connectivity index (χ3v) is 2.76. The van der Waals surface area contributed by atoms with Crippen molar-refractivity contribution in [3.8, 4) is 0 Å². The lowest BCUT2D eigenvalue weighted by Crippen LogP contribution is -2.35. The molecule has 5 heteroatoms. The summed E-state index contributed by atoms with van der Waals surface area (Å²) in [5.41, 5.74) is 2.85. The van der Waals surface area contributed by atoms with Gasteiger partial charge in [-0.1, -0.05) is 6.92 Å². The van der Waals surface area contributed by atoms with E-state index in [1.165, 1.54) is 0 Å². The Hall–Kier alpha value is -0.940. The van der Waals surface area contributed by atoms with Crippen LogP contribution in [0.25, 0.3) is 0 Å². The second-order valence-corrected chi connectivity index (χ2v) is 4.20. The normalized spacial score (nSPS) is 12.4. The molecule has 4 nitrogen and oxygen atoms in total. The molecule has 0 spiro atoms. The highest BCUT2D eigenvalue weighted by Gasteiger charge is 2.10. The van der Waals surface area contributed by atoms with Crippen molar-refractivity contribution in [1.82, 2.24) is 15.6 Å². The number of rotatable bonds is 6. The van der Waals surface area contributed by atoms with Gasteiger partial charge in [0.2, 0.25) is 5.91 Å². The summed E-state index contributed by atoms with van der Waals surface area (Å²) in [4.78, 5) is 15.6. The summed E-state index contributed by atoms with van der Waals surface area (Å²) in [6.45, 7) is 3.29. The summed E-state index contributed by atoms with van der Waals surface area (Å²) in [7, 11) is 1.85. The Morgan fingerprint density at radius 2 is 2.47 bits per heavy atom. The molecule has 2 N–H and O–H groups in total. The summed E-state index contributed by atoms with van der Waals surface area (Å²) in [6, 6.07) is 0. The van der Waals surface area contributed by atoms with E-state index in [0.717, 1.165) is 12.1 Å². The number of nitrogens with zero attached hydrogens (tertiary/aromatic N) is 1. The van der Waals surface area contributed by atoms with Gasteiger partial charge in [0.1, 0.15) is 0 Å². The lowest BCUT2D eigenvalue weighted by Gasteiger charge is -2.10. The molecule has 0 aliphatic heterocycles. The molecule has 1 rings (SSSR count). The molecule has 0 aliphatic rings. The maximum Gasteiger partial charge on any atom is 0.224 e. The van der Waals surface area contributed by atoms with Crippen molar-refractivity contribution < 1.29 is 4.79 Å². The van der Waals surface area contributed by atoms with Gasteiger partial charge in [0.15, 0.2) is 0 Å². The van der Waals surface area contributed by atoms with E-state index in [4.69, 9.17) is 0 Å². The number of hydrogen-bond donors (Lipinski definition) is 2. The van der Waals surface area contributed by atoms with Crippen LogP contribution in [-0.2, 0) is 11.2 Å². The van der Waals surface area contributed by atoms with Crippen LogP contribution in [0.15, 0.2) is 10.9 Å². The zero-order valence-electron chi connectivity index (χ0n) is 9.12. The fourth-order valence-electron chi connectivity index (χ4n) is 1.25. The van der Waals surface area contributed by atoms with E-state index < -0.39 is 0 Å². The molecule has 0 saturated carbocycles. The number of hydrogen-bond acceptors (Lipinski definition) is 4. The topological polar surface area (TPSA) is 54.0 Å². The van der Waals surface area contributed by atoms with Gasteiger partial charge in [0.25, 0.3) is 0 Å². The van der Waals surface area contributed by atoms with E-state index in [1.54, 1.807) is 16.8 Å². The van der Waals surface area contributed by atoms with Crippen LogP contribution in [0.4, 0.5) is 0 Å². The van der Waals surface area contributed by atoms with E-state index in [-0.39, 0.29) is 11.8 Å². The zero-order chi connectivity index (χ0) is 11.1. The number of thiazole rings is 1. The monoisotopic (exact) mass is 227 g/mol. The summed E-state index contributed by atoms with van der Waals surface area (Å²) in [5, 5.41) is 7.88. The van der Waals surface area contributed by atoms with Crippen LogP contribution in [0.5, 0.6) is 0 Å². The number of carbonyl (C=O) groups excluding carboxylic acids is 1. The Bertz CT molecular complexity index is 287. The highest BCUT2D eigenvalue weighted by atomic mass is 32.1. The lowest BCUT2D eigenvalue weighted by atomic mass is 10.1. The molecule has 1 unspecified atom stereocenters. The van der Waals surface area contributed by atoms with Crippen LogP contribution in [0.3, 0.4) is 0 Å². The molecule has 0 fully saturated rings. The molecular formula is C10H17N3OS. The van der Waals surface area contributed by atoms with Crippen molar-refractivity contribution in [2.75, 3.05) is 20.1 Å². The molecule has 1 atom stereocenters. The first kappa shape index (κ1) is 12.1. The maximum absolute atomic E-state index is 11.5. The Balaban J connectivity index is 2.17. The average Bonchev–Trinajstić information content (AvgIpc) is 2.71. The summed E-state index contributed by atoms with van der Waals surface area (Å²) >= 11 is 1.58. The first-order valence-corrected chi connectivity index (χ1v) is 5.97. The standard InChI is InChI=1S/C10H17N3OS/c1-8(5-11-2)10(14)12-4-3-9-6-15-7-13-9/h6-8,11H,3-5H2,1-2H3,(H,12,14). The van der Waals surface area contributed by atoms with Crippen molar-refractivity contribution in [1.29, 1.82) is 0 Å². The third-order valence-electron chi connectivity index (χ3n) is 2.12. The van der Waals surface area contributed by atoms with E-state index in [9.17, 15) is 4.79 Å². The van der Waals surface area contributed by atoms with Crippen LogP contribution in [0.1, 0.15) is 12.6 Å². The number of nitrogens with one attached hydrogen (secondary N) is 2. The molecule has 0 aromatic carbocycles. The minimum Gasteiger partial charge on any atom is -0.355 e. The van der Waals surface area contributed by atoms with Crippen LogP contribution in [0.2, 0.25) is 0 Å². The van der Waals surface area contributed by atoms with E-state index in [1.807, 2.05) is 19.4 Å². The van der Waals surface area contributed by atoms with Gasteiger partial charge in [-0.05, 0) is 7.05 Å². The molecule has 0 aliphatic carbocycles. The minimum atomic E-state index is 0.0189. The Morgan fingerprint density at radius 1 is 1.67 bits per heavy atom. The van der Waals surface area contributed by atoms with Gasteiger partial charge < -0.3 is 10.6 Å². The number of aromatic nitrogens is 1. The Labute approximate surface area is 94.1 Å². The fraction of sp³-hybridized carbons (Fsp3) is 0.600. The first-order chi connectivity index (χ1) is 7.24. The quantitative estimate of drug-likeness (QED) is 0.750. The largest absolute Gasteiger partial charge is 0.355 e. The van der Waals surface area contributed by atoms with Crippen molar-refractivity contribution in [2.45, 2.75) is 13.3 Å². The molecule has 0 bridgehead atoms. The van der Waals surface area contributed by atoms with Gasteiger partial charge in [-0.2, -0.15) is 0 Å². The van der Waals surface area contributed by atoms with Crippen molar-refractivity contribution in [3.05, 3.63) is 16.6 Å². The average molecular weight is 227 g/mol. The first-order valence-electron chi connectivity index (χ1n) is 5.03. The number of amides is 1. The van der Waals surface area contributed by atoms with Gasteiger partial charge in [0, 0.05) is 30.8 Å². The molecule has 0 saturated heterocycles. The highest BCUT2D eigenvalue weighted by Crippen LogP contribution is 2.00. The van der Waals surface area contributed by atoms with Gasteiger partial charge in [0.05, 0.1) is 11.2 Å². The second-order valence-electron chi connectivity index (χ2n) is 3.48. The molecule has 15 heavy (non-hydrogen) atoms. The van der Waals surface area contributed by atoms with E-state index >= 15 is 0 Å². The van der Waals surface area contributed by atoms with E-state index in [2.05, 4.69) is 15.6 Å². The third kappa shape index (κ3) is 4.40. The fourth-order valence-corrected chi connectivity index (χ4v) is 1.84. The number of carbonyl (C=O) groups is 1. The minimum absolute atomic E-state index is 0.0189.